The van der Waals surface area contributed by atoms with Gasteiger partial charge in [0.1, 0.15) is 5.75 Å². The molecule has 0 unspecified atom stereocenters. The maximum Gasteiger partial charge on any atom is 0.255 e. The van der Waals surface area contributed by atoms with Crippen LogP contribution in [-0.2, 0) is 13.1 Å². The van der Waals surface area contributed by atoms with Gasteiger partial charge in [0.2, 0.25) is 0 Å². The average molecular weight is 444 g/mol. The summed E-state index contributed by atoms with van der Waals surface area (Å²) >= 11 is 0. The molecule has 0 bridgehead atoms. The van der Waals surface area contributed by atoms with Crippen molar-refractivity contribution in [1.82, 2.24) is 19.6 Å². The minimum absolute atomic E-state index is 0.153. The second kappa shape index (κ2) is 9.32. The molecule has 0 aliphatic carbocycles. The van der Waals surface area contributed by atoms with Gasteiger partial charge >= 0.3 is 0 Å². The highest BCUT2D eigenvalue weighted by Gasteiger charge is 2.16. The summed E-state index contributed by atoms with van der Waals surface area (Å²) in [5.41, 5.74) is 7.33. The highest BCUT2D eigenvalue weighted by Crippen LogP contribution is 2.22. The Morgan fingerprint density at radius 3 is 2.30 bits per heavy atom. The number of benzene rings is 2. The van der Waals surface area contributed by atoms with Crippen molar-refractivity contribution in [3.63, 3.8) is 0 Å². The van der Waals surface area contributed by atoms with Gasteiger partial charge in [-0.15, -0.1) is 0 Å². The van der Waals surface area contributed by atoms with Crippen molar-refractivity contribution >= 4 is 11.6 Å². The van der Waals surface area contributed by atoms with Crippen LogP contribution >= 0.6 is 0 Å². The smallest absolute Gasteiger partial charge is 0.255 e. The quantitative estimate of drug-likeness (QED) is 0.450. The molecule has 2 aromatic heterocycles. The molecule has 0 aliphatic heterocycles. The number of methoxy groups -OCH3 is 1. The van der Waals surface area contributed by atoms with E-state index in [9.17, 15) is 4.79 Å². The molecule has 0 atom stereocenters. The zero-order valence-electron chi connectivity index (χ0n) is 19.7. The molecule has 0 radical (unpaired) electrons. The van der Waals surface area contributed by atoms with E-state index in [1.165, 1.54) is 0 Å². The SMILES string of the molecule is COc1cccc(Cn2nc(C)c(NC(=O)c3ccc(Cn4nc(C)cc4C)cc3)c2C)c1. The fourth-order valence-electron chi connectivity index (χ4n) is 3.93. The van der Waals surface area contributed by atoms with Crippen LogP contribution in [0.1, 0.15) is 44.3 Å². The Hall–Kier alpha value is -3.87. The molecule has 170 valence electrons. The van der Waals surface area contributed by atoms with Gasteiger partial charge in [0, 0.05) is 11.3 Å². The summed E-state index contributed by atoms with van der Waals surface area (Å²) in [6.45, 7) is 9.17. The molecular weight excluding hydrogens is 414 g/mol. The maximum atomic E-state index is 12.9. The van der Waals surface area contributed by atoms with Crippen molar-refractivity contribution in [2.24, 2.45) is 0 Å². The van der Waals surface area contributed by atoms with Crippen LogP contribution in [-0.4, -0.2) is 32.6 Å². The van der Waals surface area contributed by atoms with Crippen LogP contribution in [0.25, 0.3) is 0 Å². The lowest BCUT2D eigenvalue weighted by Crippen LogP contribution is -2.13. The Labute approximate surface area is 194 Å². The minimum Gasteiger partial charge on any atom is -0.497 e. The molecule has 2 heterocycles. The normalized spacial score (nSPS) is 10.9. The van der Waals surface area contributed by atoms with E-state index in [2.05, 4.69) is 21.6 Å². The van der Waals surface area contributed by atoms with Crippen LogP contribution in [0, 0.1) is 27.7 Å². The Bertz CT molecular complexity index is 1280. The van der Waals surface area contributed by atoms with Crippen molar-refractivity contribution < 1.29 is 9.53 Å². The number of nitrogens with one attached hydrogen (secondary N) is 1. The van der Waals surface area contributed by atoms with Gasteiger partial charge in [-0.3, -0.25) is 14.2 Å². The summed E-state index contributed by atoms with van der Waals surface area (Å²) in [6, 6.07) is 17.6. The van der Waals surface area contributed by atoms with Gasteiger partial charge in [-0.1, -0.05) is 24.3 Å². The lowest BCUT2D eigenvalue weighted by molar-refractivity contribution is 0.102. The van der Waals surface area contributed by atoms with Gasteiger partial charge in [-0.2, -0.15) is 10.2 Å². The van der Waals surface area contributed by atoms with E-state index in [1.807, 2.05) is 85.6 Å². The molecule has 7 heteroatoms. The highest BCUT2D eigenvalue weighted by atomic mass is 16.5. The van der Waals surface area contributed by atoms with Crippen molar-refractivity contribution in [1.29, 1.82) is 0 Å². The molecule has 4 rings (SSSR count). The molecule has 1 amide bonds. The first-order valence-electron chi connectivity index (χ1n) is 10.9. The molecule has 0 fully saturated rings. The van der Waals surface area contributed by atoms with Gasteiger partial charge in [-0.25, -0.2) is 0 Å². The van der Waals surface area contributed by atoms with Crippen molar-refractivity contribution in [3.8, 4) is 5.75 Å². The summed E-state index contributed by atoms with van der Waals surface area (Å²) < 4.78 is 9.18. The fourth-order valence-corrected chi connectivity index (χ4v) is 3.93. The summed E-state index contributed by atoms with van der Waals surface area (Å²) in [7, 11) is 1.65. The standard InChI is InChI=1S/C26H29N5O2/c1-17-13-18(2)30(28-17)15-21-9-11-23(12-10-21)26(32)27-25-19(3)29-31(20(25)4)16-22-7-6-8-24(14-22)33-5/h6-14H,15-16H2,1-5H3,(H,27,32). The van der Waals surface area contributed by atoms with E-state index in [0.717, 1.165) is 45.3 Å². The molecule has 2 aromatic carbocycles. The topological polar surface area (TPSA) is 74.0 Å². The van der Waals surface area contributed by atoms with Gasteiger partial charge < -0.3 is 10.1 Å². The van der Waals surface area contributed by atoms with Gasteiger partial charge in [0.15, 0.2) is 0 Å². The predicted octanol–water partition coefficient (Wildman–Crippen LogP) is 4.67. The van der Waals surface area contributed by atoms with Crippen LogP contribution in [0.2, 0.25) is 0 Å². The van der Waals surface area contributed by atoms with Crippen LogP contribution in [0.3, 0.4) is 0 Å². The minimum atomic E-state index is -0.153. The third kappa shape index (κ3) is 4.98. The lowest BCUT2D eigenvalue weighted by atomic mass is 10.1. The number of aryl methyl sites for hydroxylation is 3. The number of carbonyl (C=O) groups excluding carboxylic acids is 1. The number of hydrogen-bond acceptors (Lipinski definition) is 4. The van der Waals surface area contributed by atoms with Gasteiger partial charge in [0.25, 0.3) is 5.91 Å². The summed E-state index contributed by atoms with van der Waals surface area (Å²) in [6.07, 6.45) is 0. The molecule has 0 saturated carbocycles. The molecule has 1 N–H and O–H groups in total. The number of anilines is 1. The third-order valence-corrected chi connectivity index (χ3v) is 5.74. The van der Waals surface area contributed by atoms with E-state index >= 15 is 0 Å². The summed E-state index contributed by atoms with van der Waals surface area (Å²) in [5.74, 6) is 0.656. The highest BCUT2D eigenvalue weighted by molar-refractivity contribution is 6.04. The van der Waals surface area contributed by atoms with Crippen molar-refractivity contribution in [2.75, 3.05) is 12.4 Å². The number of carbonyl (C=O) groups is 1. The van der Waals surface area contributed by atoms with Crippen LogP contribution in [0.5, 0.6) is 5.75 Å². The number of amides is 1. The zero-order valence-corrected chi connectivity index (χ0v) is 19.7. The van der Waals surface area contributed by atoms with Crippen molar-refractivity contribution in [3.05, 3.63) is 94.1 Å². The Morgan fingerprint density at radius 2 is 1.64 bits per heavy atom. The molecular formula is C26H29N5O2. The van der Waals surface area contributed by atoms with Gasteiger partial charge in [-0.05, 0) is 69.2 Å². The van der Waals surface area contributed by atoms with E-state index in [4.69, 9.17) is 4.74 Å². The Balaban J connectivity index is 1.46. The fraction of sp³-hybridized carbons (Fsp3) is 0.269. The molecule has 7 nitrogen and oxygen atoms in total. The van der Waals surface area contributed by atoms with Crippen molar-refractivity contribution in [2.45, 2.75) is 40.8 Å². The van der Waals surface area contributed by atoms with Crippen LogP contribution in [0.4, 0.5) is 5.69 Å². The molecule has 0 spiro atoms. The molecule has 0 saturated heterocycles. The second-order valence-electron chi connectivity index (χ2n) is 8.29. The molecule has 0 aliphatic rings. The number of rotatable bonds is 7. The largest absolute Gasteiger partial charge is 0.497 e. The second-order valence-corrected chi connectivity index (χ2v) is 8.29. The van der Waals surface area contributed by atoms with E-state index in [1.54, 1.807) is 7.11 Å². The number of ether oxygens (including phenoxy) is 1. The van der Waals surface area contributed by atoms with Crippen LogP contribution in [0.15, 0.2) is 54.6 Å². The van der Waals surface area contributed by atoms with E-state index < -0.39 is 0 Å². The molecule has 33 heavy (non-hydrogen) atoms. The zero-order chi connectivity index (χ0) is 23.5. The van der Waals surface area contributed by atoms with Gasteiger partial charge in [0.05, 0.1) is 43.0 Å². The Morgan fingerprint density at radius 1 is 0.909 bits per heavy atom. The molecule has 4 aromatic rings. The number of hydrogen-bond donors (Lipinski definition) is 1. The van der Waals surface area contributed by atoms with Crippen LogP contribution < -0.4 is 10.1 Å². The average Bonchev–Trinajstić information content (AvgIpc) is 3.25. The summed E-state index contributed by atoms with van der Waals surface area (Å²) in [4.78, 5) is 12.9. The maximum absolute atomic E-state index is 12.9. The predicted molar refractivity (Wildman–Crippen MR) is 129 cm³/mol. The number of nitrogens with zero attached hydrogens (tertiary/aromatic N) is 4. The first-order chi connectivity index (χ1) is 15.8. The summed E-state index contributed by atoms with van der Waals surface area (Å²) in [5, 5.41) is 12.2. The number of aromatic nitrogens is 4. The lowest BCUT2D eigenvalue weighted by Gasteiger charge is -2.09. The monoisotopic (exact) mass is 443 g/mol. The third-order valence-electron chi connectivity index (χ3n) is 5.74. The van der Waals surface area contributed by atoms with E-state index in [-0.39, 0.29) is 5.91 Å². The first-order valence-corrected chi connectivity index (χ1v) is 10.9. The van der Waals surface area contributed by atoms with E-state index in [0.29, 0.717) is 18.7 Å². The Kier molecular flexibility index (Phi) is 6.31. The first kappa shape index (κ1) is 22.3.